The van der Waals surface area contributed by atoms with Crippen molar-refractivity contribution in [2.75, 3.05) is 13.2 Å². The molecule has 0 saturated carbocycles. The highest BCUT2D eigenvalue weighted by Crippen LogP contribution is 2.13. The molecule has 3 N–H and O–H groups in total. The lowest BCUT2D eigenvalue weighted by Gasteiger charge is -2.11. The molecular formula is C18H28N2O3S. The molecule has 6 heteroatoms. The number of thiocarbonyl (C=S) groups is 1. The van der Waals surface area contributed by atoms with Gasteiger partial charge in [0.05, 0.1) is 12.7 Å². The number of benzene rings is 1. The van der Waals surface area contributed by atoms with Crippen molar-refractivity contribution in [2.45, 2.75) is 52.1 Å². The lowest BCUT2D eigenvalue weighted by atomic mass is 10.2. The average Bonchev–Trinajstić information content (AvgIpc) is 2.56. The SMILES string of the molecule is CCCCCCCOc1ccc(C(=O)NC(=S)NCC(C)O)cc1. The molecule has 0 saturated heterocycles. The number of unbranched alkanes of at least 4 members (excludes halogenated alkanes) is 4. The third kappa shape index (κ3) is 8.84. The monoisotopic (exact) mass is 352 g/mol. The number of aliphatic hydroxyl groups excluding tert-OH is 1. The molecular weight excluding hydrogens is 324 g/mol. The van der Waals surface area contributed by atoms with Crippen molar-refractivity contribution >= 4 is 23.2 Å². The molecule has 24 heavy (non-hydrogen) atoms. The summed E-state index contributed by atoms with van der Waals surface area (Å²) in [7, 11) is 0. The van der Waals surface area contributed by atoms with Crippen LogP contribution in [0, 0.1) is 0 Å². The van der Waals surface area contributed by atoms with Gasteiger partial charge in [0.25, 0.3) is 5.91 Å². The first kappa shape index (κ1) is 20.4. The average molecular weight is 353 g/mol. The number of carbonyl (C=O) groups excluding carboxylic acids is 1. The van der Waals surface area contributed by atoms with Crippen LogP contribution in [0.25, 0.3) is 0 Å². The van der Waals surface area contributed by atoms with Crippen LogP contribution in [0.4, 0.5) is 0 Å². The maximum absolute atomic E-state index is 12.0. The highest BCUT2D eigenvalue weighted by atomic mass is 32.1. The number of hydrogen-bond donors (Lipinski definition) is 3. The molecule has 0 spiro atoms. The van der Waals surface area contributed by atoms with Gasteiger partial charge in [-0.15, -0.1) is 0 Å². The van der Waals surface area contributed by atoms with E-state index in [-0.39, 0.29) is 11.0 Å². The number of aliphatic hydroxyl groups is 1. The van der Waals surface area contributed by atoms with Crippen LogP contribution in [0.3, 0.4) is 0 Å². The van der Waals surface area contributed by atoms with Crippen LogP contribution in [-0.2, 0) is 0 Å². The molecule has 1 aromatic rings. The molecule has 0 aliphatic carbocycles. The number of nitrogens with one attached hydrogen (secondary N) is 2. The summed E-state index contributed by atoms with van der Waals surface area (Å²) in [6.07, 6.45) is 5.47. The molecule has 1 unspecified atom stereocenters. The van der Waals surface area contributed by atoms with Crippen molar-refractivity contribution in [1.29, 1.82) is 0 Å². The summed E-state index contributed by atoms with van der Waals surface area (Å²) >= 11 is 5.00. The third-order valence-electron chi connectivity index (χ3n) is 3.42. The summed E-state index contributed by atoms with van der Waals surface area (Å²) in [6, 6.07) is 6.98. The van der Waals surface area contributed by atoms with Crippen LogP contribution in [0.15, 0.2) is 24.3 Å². The molecule has 0 heterocycles. The van der Waals surface area contributed by atoms with E-state index in [1.54, 1.807) is 31.2 Å². The zero-order chi connectivity index (χ0) is 17.8. The lowest BCUT2D eigenvalue weighted by Crippen LogP contribution is -2.41. The van der Waals surface area contributed by atoms with Gasteiger partial charge in [-0.05, 0) is 49.8 Å². The van der Waals surface area contributed by atoms with Crippen LogP contribution in [0.5, 0.6) is 5.75 Å². The molecule has 1 amide bonds. The fourth-order valence-electron chi connectivity index (χ4n) is 2.06. The minimum absolute atomic E-state index is 0.202. The molecule has 1 rings (SSSR count). The van der Waals surface area contributed by atoms with E-state index in [9.17, 15) is 4.79 Å². The molecule has 1 atom stereocenters. The second-order valence-corrected chi connectivity index (χ2v) is 6.21. The Labute approximate surface area is 149 Å². The Bertz CT molecular complexity index is 503. The molecule has 5 nitrogen and oxygen atoms in total. The standard InChI is InChI=1S/C18H28N2O3S/c1-3-4-5-6-7-12-23-16-10-8-15(9-11-16)17(22)20-18(24)19-13-14(2)21/h8-11,14,21H,3-7,12-13H2,1-2H3,(H2,19,20,22,24). The third-order valence-corrected chi connectivity index (χ3v) is 3.66. The van der Waals surface area contributed by atoms with Gasteiger partial charge in [0.15, 0.2) is 5.11 Å². The summed E-state index contributed by atoms with van der Waals surface area (Å²) in [6.45, 7) is 4.83. The number of carbonyl (C=O) groups is 1. The van der Waals surface area contributed by atoms with E-state index >= 15 is 0 Å². The summed E-state index contributed by atoms with van der Waals surface area (Å²) < 4.78 is 5.67. The topological polar surface area (TPSA) is 70.6 Å². The van der Waals surface area contributed by atoms with Crippen molar-refractivity contribution in [3.63, 3.8) is 0 Å². The molecule has 0 fully saturated rings. The molecule has 134 valence electrons. The van der Waals surface area contributed by atoms with Gasteiger partial charge in [-0.3, -0.25) is 10.1 Å². The number of hydrogen-bond acceptors (Lipinski definition) is 4. The zero-order valence-electron chi connectivity index (χ0n) is 14.5. The first-order valence-corrected chi connectivity index (χ1v) is 8.94. The first-order chi connectivity index (χ1) is 11.5. The first-order valence-electron chi connectivity index (χ1n) is 8.53. The van der Waals surface area contributed by atoms with Crippen LogP contribution in [0.1, 0.15) is 56.3 Å². The Kier molecular flexibility index (Phi) is 10.0. The molecule has 0 bridgehead atoms. The van der Waals surface area contributed by atoms with E-state index < -0.39 is 6.10 Å². The van der Waals surface area contributed by atoms with E-state index in [1.807, 2.05) is 0 Å². The van der Waals surface area contributed by atoms with Gasteiger partial charge >= 0.3 is 0 Å². The molecule has 0 radical (unpaired) electrons. The second kappa shape index (κ2) is 11.8. The normalized spacial score (nSPS) is 11.6. The Morgan fingerprint density at radius 3 is 2.50 bits per heavy atom. The van der Waals surface area contributed by atoms with E-state index in [4.69, 9.17) is 22.1 Å². The Balaban J connectivity index is 2.32. The quantitative estimate of drug-likeness (QED) is 0.446. The summed E-state index contributed by atoms with van der Waals surface area (Å²) in [4.78, 5) is 12.0. The van der Waals surface area contributed by atoms with Crippen LogP contribution in [0.2, 0.25) is 0 Å². The summed E-state index contributed by atoms with van der Waals surface area (Å²) in [5.41, 5.74) is 0.506. The zero-order valence-corrected chi connectivity index (χ0v) is 15.3. The van der Waals surface area contributed by atoms with Crippen molar-refractivity contribution in [3.8, 4) is 5.75 Å². The van der Waals surface area contributed by atoms with Crippen molar-refractivity contribution in [2.24, 2.45) is 0 Å². The fraction of sp³-hybridized carbons (Fsp3) is 0.556. The van der Waals surface area contributed by atoms with E-state index in [0.717, 1.165) is 12.2 Å². The van der Waals surface area contributed by atoms with Gasteiger partial charge in [-0.1, -0.05) is 32.6 Å². The van der Waals surface area contributed by atoms with Gasteiger partial charge in [-0.25, -0.2) is 0 Å². The number of rotatable bonds is 10. The van der Waals surface area contributed by atoms with Gasteiger partial charge in [0.2, 0.25) is 0 Å². The predicted octanol–water partition coefficient (Wildman–Crippen LogP) is 3.02. The predicted molar refractivity (Wildman–Crippen MR) is 100 cm³/mol. The fourth-order valence-corrected chi connectivity index (χ4v) is 2.23. The maximum atomic E-state index is 12.0. The minimum Gasteiger partial charge on any atom is -0.494 e. The highest BCUT2D eigenvalue weighted by molar-refractivity contribution is 7.80. The highest BCUT2D eigenvalue weighted by Gasteiger charge is 2.08. The van der Waals surface area contributed by atoms with E-state index in [1.165, 1.54) is 25.7 Å². The Morgan fingerprint density at radius 1 is 1.21 bits per heavy atom. The summed E-state index contributed by atoms with van der Waals surface area (Å²) in [5, 5.41) is 14.7. The van der Waals surface area contributed by atoms with Gasteiger partial charge in [-0.2, -0.15) is 0 Å². The summed E-state index contributed by atoms with van der Waals surface area (Å²) in [5.74, 6) is 0.473. The minimum atomic E-state index is -0.529. The molecule has 1 aromatic carbocycles. The second-order valence-electron chi connectivity index (χ2n) is 5.80. The van der Waals surface area contributed by atoms with Crippen LogP contribution >= 0.6 is 12.2 Å². The van der Waals surface area contributed by atoms with Crippen LogP contribution < -0.4 is 15.4 Å². The smallest absolute Gasteiger partial charge is 0.257 e. The number of amides is 1. The van der Waals surface area contributed by atoms with Gasteiger partial charge in [0.1, 0.15) is 5.75 Å². The van der Waals surface area contributed by atoms with E-state index in [2.05, 4.69) is 17.6 Å². The van der Waals surface area contributed by atoms with Gasteiger partial charge in [0, 0.05) is 12.1 Å². The molecule has 0 aliphatic heterocycles. The van der Waals surface area contributed by atoms with Gasteiger partial charge < -0.3 is 15.2 Å². The maximum Gasteiger partial charge on any atom is 0.257 e. The van der Waals surface area contributed by atoms with Crippen LogP contribution in [-0.4, -0.2) is 35.4 Å². The largest absolute Gasteiger partial charge is 0.494 e. The molecule has 0 aliphatic rings. The Morgan fingerprint density at radius 2 is 1.88 bits per heavy atom. The molecule has 0 aromatic heterocycles. The lowest BCUT2D eigenvalue weighted by molar-refractivity contribution is 0.0976. The Hall–Kier alpha value is -1.66. The van der Waals surface area contributed by atoms with Crippen molar-refractivity contribution in [1.82, 2.24) is 10.6 Å². The number of ether oxygens (including phenoxy) is 1. The van der Waals surface area contributed by atoms with E-state index in [0.29, 0.717) is 18.7 Å². The van der Waals surface area contributed by atoms with Crippen molar-refractivity contribution in [3.05, 3.63) is 29.8 Å². The van der Waals surface area contributed by atoms with Crippen molar-refractivity contribution < 1.29 is 14.6 Å².